The Labute approximate surface area is 123 Å². The first kappa shape index (κ1) is 13.0. The molecule has 0 amide bonds. The Morgan fingerprint density at radius 3 is 2.76 bits per heavy atom. The van der Waals surface area contributed by atoms with Gasteiger partial charge in [0.2, 0.25) is 5.89 Å². The van der Waals surface area contributed by atoms with Crippen LogP contribution in [-0.2, 0) is 12.1 Å². The average molecular weight is 288 g/mol. The van der Waals surface area contributed by atoms with Crippen LogP contribution in [0.25, 0.3) is 0 Å². The summed E-state index contributed by atoms with van der Waals surface area (Å²) in [6, 6.07) is 0. The first-order chi connectivity index (χ1) is 10.3. The van der Waals surface area contributed by atoms with Crippen molar-refractivity contribution in [3.05, 3.63) is 29.2 Å². The first-order valence-electron chi connectivity index (χ1n) is 7.76. The molecule has 2 fully saturated rings. The Kier molecular flexibility index (Phi) is 3.06. The summed E-state index contributed by atoms with van der Waals surface area (Å²) in [6.07, 6.45) is 8.65. The van der Waals surface area contributed by atoms with E-state index >= 15 is 0 Å². The van der Waals surface area contributed by atoms with Crippen LogP contribution in [0.2, 0.25) is 0 Å². The summed E-state index contributed by atoms with van der Waals surface area (Å²) in [6.45, 7) is 2.66. The third-order valence-electron chi connectivity index (χ3n) is 4.72. The van der Waals surface area contributed by atoms with E-state index < -0.39 is 0 Å². The van der Waals surface area contributed by atoms with Crippen LogP contribution in [0.5, 0.6) is 0 Å². The molecule has 21 heavy (non-hydrogen) atoms. The van der Waals surface area contributed by atoms with Gasteiger partial charge in [0.05, 0.1) is 11.7 Å². The van der Waals surface area contributed by atoms with Crippen LogP contribution < -0.4 is 5.32 Å². The fourth-order valence-electron chi connectivity index (χ4n) is 3.14. The van der Waals surface area contributed by atoms with E-state index in [0.29, 0.717) is 5.92 Å². The van der Waals surface area contributed by atoms with Crippen molar-refractivity contribution in [3.63, 3.8) is 0 Å². The standard InChI is InChI=1S/C15H20N4O2/c1-10-12(9-17-20-10)8-16-15(6-2-3-7-15)14-18-13(21-19-14)11-4-5-11/h9,11,16H,2-8H2,1H3. The van der Waals surface area contributed by atoms with Crippen molar-refractivity contribution in [1.82, 2.24) is 20.6 Å². The van der Waals surface area contributed by atoms with Gasteiger partial charge in [0, 0.05) is 18.0 Å². The third-order valence-corrected chi connectivity index (χ3v) is 4.72. The van der Waals surface area contributed by atoms with Gasteiger partial charge in [-0.3, -0.25) is 0 Å². The lowest BCUT2D eigenvalue weighted by Gasteiger charge is -2.26. The van der Waals surface area contributed by atoms with Crippen molar-refractivity contribution in [2.24, 2.45) is 0 Å². The summed E-state index contributed by atoms with van der Waals surface area (Å²) in [5, 5.41) is 11.7. The van der Waals surface area contributed by atoms with Crippen molar-refractivity contribution in [1.29, 1.82) is 0 Å². The Morgan fingerprint density at radius 1 is 1.29 bits per heavy atom. The largest absolute Gasteiger partial charge is 0.361 e. The summed E-state index contributed by atoms with van der Waals surface area (Å²) in [5.74, 6) is 3.02. The third kappa shape index (κ3) is 2.37. The number of aromatic nitrogens is 3. The van der Waals surface area contributed by atoms with Crippen LogP contribution >= 0.6 is 0 Å². The van der Waals surface area contributed by atoms with E-state index in [-0.39, 0.29) is 5.54 Å². The molecule has 1 N–H and O–H groups in total. The van der Waals surface area contributed by atoms with Crippen LogP contribution in [0.4, 0.5) is 0 Å². The van der Waals surface area contributed by atoms with Gasteiger partial charge in [-0.05, 0) is 32.6 Å². The Balaban J connectivity index is 1.55. The van der Waals surface area contributed by atoms with Gasteiger partial charge in [0.15, 0.2) is 5.82 Å². The molecular formula is C15H20N4O2. The lowest BCUT2D eigenvalue weighted by atomic mass is 9.96. The molecule has 2 saturated carbocycles. The Morgan fingerprint density at radius 2 is 2.10 bits per heavy atom. The van der Waals surface area contributed by atoms with E-state index in [9.17, 15) is 0 Å². The van der Waals surface area contributed by atoms with Crippen molar-refractivity contribution in [2.75, 3.05) is 0 Å². The molecule has 0 saturated heterocycles. The maximum Gasteiger partial charge on any atom is 0.229 e. The smallest absolute Gasteiger partial charge is 0.229 e. The fraction of sp³-hybridized carbons (Fsp3) is 0.667. The Bertz CT molecular complexity index is 623. The number of hydrogen-bond donors (Lipinski definition) is 1. The van der Waals surface area contributed by atoms with Gasteiger partial charge < -0.3 is 14.4 Å². The summed E-state index contributed by atoms with van der Waals surface area (Å²) in [4.78, 5) is 4.67. The van der Waals surface area contributed by atoms with E-state index in [2.05, 4.69) is 20.6 Å². The quantitative estimate of drug-likeness (QED) is 0.911. The molecule has 2 aliphatic carbocycles. The lowest BCUT2D eigenvalue weighted by molar-refractivity contribution is 0.295. The summed E-state index contributed by atoms with van der Waals surface area (Å²) < 4.78 is 10.6. The monoisotopic (exact) mass is 288 g/mol. The van der Waals surface area contributed by atoms with Gasteiger partial charge in [0.25, 0.3) is 0 Å². The maximum atomic E-state index is 5.45. The molecule has 0 spiro atoms. The van der Waals surface area contributed by atoms with Crippen LogP contribution in [0.15, 0.2) is 15.2 Å². The zero-order valence-corrected chi connectivity index (χ0v) is 12.3. The number of rotatable bonds is 5. The van der Waals surface area contributed by atoms with Crippen LogP contribution in [0.1, 0.15) is 67.5 Å². The molecular weight excluding hydrogens is 268 g/mol. The molecule has 0 radical (unpaired) electrons. The molecule has 6 nitrogen and oxygen atoms in total. The minimum Gasteiger partial charge on any atom is -0.361 e. The Hall–Kier alpha value is -1.69. The second-order valence-electron chi connectivity index (χ2n) is 6.28. The predicted octanol–water partition coefficient (Wildman–Crippen LogP) is 2.80. The van der Waals surface area contributed by atoms with Gasteiger partial charge in [-0.2, -0.15) is 4.98 Å². The van der Waals surface area contributed by atoms with Crippen LogP contribution in [0.3, 0.4) is 0 Å². The van der Waals surface area contributed by atoms with Crippen LogP contribution in [0, 0.1) is 6.92 Å². The summed E-state index contributed by atoms with van der Waals surface area (Å²) >= 11 is 0. The highest BCUT2D eigenvalue weighted by Crippen LogP contribution is 2.42. The topological polar surface area (TPSA) is 77.0 Å². The predicted molar refractivity (Wildman–Crippen MR) is 74.5 cm³/mol. The van der Waals surface area contributed by atoms with E-state index in [4.69, 9.17) is 9.05 Å². The average Bonchev–Trinajstić information content (AvgIpc) is 2.93. The van der Waals surface area contributed by atoms with Gasteiger partial charge in [-0.15, -0.1) is 0 Å². The van der Waals surface area contributed by atoms with Crippen molar-refractivity contribution >= 4 is 0 Å². The number of hydrogen-bond acceptors (Lipinski definition) is 6. The van der Waals surface area contributed by atoms with E-state index in [1.54, 1.807) is 6.20 Å². The minimum absolute atomic E-state index is 0.152. The van der Waals surface area contributed by atoms with Crippen LogP contribution in [-0.4, -0.2) is 15.3 Å². The zero-order valence-electron chi connectivity index (χ0n) is 12.3. The van der Waals surface area contributed by atoms with Gasteiger partial charge in [-0.25, -0.2) is 0 Å². The van der Waals surface area contributed by atoms with E-state index in [1.165, 1.54) is 25.7 Å². The van der Waals surface area contributed by atoms with Crippen molar-refractivity contribution in [2.45, 2.75) is 63.5 Å². The van der Waals surface area contributed by atoms with Crippen molar-refractivity contribution < 1.29 is 9.05 Å². The second kappa shape index (κ2) is 4.94. The molecule has 0 bridgehead atoms. The number of nitrogens with zero attached hydrogens (tertiary/aromatic N) is 3. The molecule has 6 heteroatoms. The number of aryl methyl sites for hydroxylation is 1. The molecule has 0 atom stereocenters. The molecule has 2 aliphatic rings. The summed E-state index contributed by atoms with van der Waals surface area (Å²) in [7, 11) is 0. The fourth-order valence-corrected chi connectivity index (χ4v) is 3.14. The second-order valence-corrected chi connectivity index (χ2v) is 6.28. The molecule has 0 aliphatic heterocycles. The highest BCUT2D eigenvalue weighted by molar-refractivity contribution is 5.15. The lowest BCUT2D eigenvalue weighted by Crippen LogP contribution is -2.40. The minimum atomic E-state index is -0.152. The van der Waals surface area contributed by atoms with Gasteiger partial charge >= 0.3 is 0 Å². The van der Waals surface area contributed by atoms with E-state index in [1.807, 2.05) is 6.92 Å². The van der Waals surface area contributed by atoms with Crippen molar-refractivity contribution in [3.8, 4) is 0 Å². The molecule has 2 aromatic heterocycles. The molecule has 4 rings (SSSR count). The van der Waals surface area contributed by atoms with Gasteiger partial charge in [0.1, 0.15) is 5.76 Å². The zero-order chi connectivity index (χ0) is 14.3. The molecule has 2 aromatic rings. The number of nitrogens with one attached hydrogen (secondary N) is 1. The molecule has 112 valence electrons. The highest BCUT2D eigenvalue weighted by atomic mass is 16.5. The molecule has 0 unspecified atom stereocenters. The van der Waals surface area contributed by atoms with Gasteiger partial charge in [-0.1, -0.05) is 23.2 Å². The molecule has 0 aromatic carbocycles. The molecule has 2 heterocycles. The SMILES string of the molecule is Cc1oncc1CNC1(c2noc(C3CC3)n2)CCCC1. The normalized spacial score (nSPS) is 21.0. The van der Waals surface area contributed by atoms with E-state index in [0.717, 1.165) is 42.4 Å². The maximum absolute atomic E-state index is 5.45. The highest BCUT2D eigenvalue weighted by Gasteiger charge is 2.41. The summed E-state index contributed by atoms with van der Waals surface area (Å²) in [5.41, 5.74) is 0.938. The first-order valence-corrected chi connectivity index (χ1v) is 7.76.